The maximum Gasteiger partial charge on any atom is 0.304 e. The Morgan fingerprint density at radius 1 is 1.33 bits per heavy atom. The Balaban J connectivity index is 2.06. The molecule has 0 radical (unpaired) electrons. The van der Waals surface area contributed by atoms with Crippen molar-refractivity contribution in [1.82, 2.24) is 0 Å². The van der Waals surface area contributed by atoms with Crippen molar-refractivity contribution in [2.75, 3.05) is 43.7 Å². The number of hydrogen-bond acceptors (Lipinski definition) is 6. The van der Waals surface area contributed by atoms with E-state index in [4.69, 9.17) is 14.7 Å². The molecule has 0 amide bonds. The molecule has 1 atom stereocenters. The van der Waals surface area contributed by atoms with E-state index < -0.39 is 17.7 Å². The molecule has 1 saturated heterocycles. The first-order valence-electron chi connectivity index (χ1n) is 11.1. The topological polar surface area (TPSA) is 94.8 Å². The van der Waals surface area contributed by atoms with Crippen LogP contribution in [0.1, 0.15) is 43.2 Å². The molecule has 1 aliphatic heterocycles. The van der Waals surface area contributed by atoms with E-state index in [9.17, 15) is 9.90 Å². The van der Waals surface area contributed by atoms with Crippen LogP contribution in [-0.4, -0.2) is 50.6 Å². The highest BCUT2D eigenvalue weighted by Gasteiger charge is 2.26. The molecule has 1 fully saturated rings. The van der Waals surface area contributed by atoms with Crippen LogP contribution in [-0.2, 0) is 14.3 Å². The molecule has 0 bridgehead atoms. The summed E-state index contributed by atoms with van der Waals surface area (Å²) in [5.41, 5.74) is 2.97. The number of halogens is 1. The Morgan fingerprint density at radius 2 is 2.03 bits per heavy atom. The number of nitrogens with zero attached hydrogens (tertiary/aromatic N) is 2. The summed E-state index contributed by atoms with van der Waals surface area (Å²) in [7, 11) is 1.47. The number of ether oxygens (including phenoxy) is 2. The van der Waals surface area contributed by atoms with Gasteiger partial charge in [0.15, 0.2) is 0 Å². The summed E-state index contributed by atoms with van der Waals surface area (Å²) < 4.78 is 26.1. The number of nitrogens with one attached hydrogen (secondary N) is 1. The van der Waals surface area contributed by atoms with Crippen LogP contribution < -0.4 is 10.2 Å². The predicted octanol–water partition coefficient (Wildman–Crippen LogP) is 4.65. The molecule has 0 saturated carbocycles. The third-order valence-corrected chi connectivity index (χ3v) is 5.92. The van der Waals surface area contributed by atoms with E-state index >= 15 is 4.39 Å². The average Bonchev–Trinajstić information content (AvgIpc) is 2.82. The fourth-order valence-electron chi connectivity index (χ4n) is 4.31. The maximum atomic E-state index is 15.4. The van der Waals surface area contributed by atoms with Gasteiger partial charge in [0.2, 0.25) is 0 Å². The van der Waals surface area contributed by atoms with E-state index in [2.05, 4.69) is 16.3 Å². The number of hydrogen-bond donors (Lipinski definition) is 2. The number of anilines is 3. The van der Waals surface area contributed by atoms with Crippen LogP contribution in [0.5, 0.6) is 0 Å². The minimum Gasteiger partial charge on any atom is -0.481 e. The molecule has 0 aromatic heterocycles. The van der Waals surface area contributed by atoms with Gasteiger partial charge in [0, 0.05) is 44.5 Å². The van der Waals surface area contributed by atoms with E-state index in [0.717, 1.165) is 18.5 Å². The SMILES string of the molecule is CCN(c1cc(F)c(C(COC)CC(=O)O)cc1Nc1ccc(C#N)cc1)C1CCOCC1. The Labute approximate surface area is 193 Å². The van der Waals surface area contributed by atoms with Gasteiger partial charge in [-0.25, -0.2) is 4.39 Å². The van der Waals surface area contributed by atoms with Gasteiger partial charge in [-0.05, 0) is 61.7 Å². The molecule has 176 valence electrons. The van der Waals surface area contributed by atoms with Crippen molar-refractivity contribution in [1.29, 1.82) is 5.26 Å². The Hall–Kier alpha value is -3.15. The van der Waals surface area contributed by atoms with Gasteiger partial charge in [-0.1, -0.05) is 0 Å². The van der Waals surface area contributed by atoms with Crippen LogP contribution in [0.4, 0.5) is 21.5 Å². The number of rotatable bonds is 10. The van der Waals surface area contributed by atoms with Crippen LogP contribution in [0.25, 0.3) is 0 Å². The first-order valence-corrected chi connectivity index (χ1v) is 11.1. The third-order valence-electron chi connectivity index (χ3n) is 5.92. The Kier molecular flexibility index (Phi) is 8.64. The highest BCUT2D eigenvalue weighted by atomic mass is 19.1. The van der Waals surface area contributed by atoms with Crippen molar-refractivity contribution in [2.24, 2.45) is 0 Å². The van der Waals surface area contributed by atoms with Gasteiger partial charge >= 0.3 is 5.97 Å². The number of carboxylic acids is 1. The molecule has 1 unspecified atom stereocenters. The molecule has 1 aliphatic rings. The molecule has 2 N–H and O–H groups in total. The second kappa shape index (κ2) is 11.6. The quantitative estimate of drug-likeness (QED) is 0.538. The molecule has 1 heterocycles. The molecule has 0 spiro atoms. The monoisotopic (exact) mass is 455 g/mol. The summed E-state index contributed by atoms with van der Waals surface area (Å²) in [6.07, 6.45) is 1.45. The molecule has 3 rings (SSSR count). The average molecular weight is 456 g/mol. The van der Waals surface area contributed by atoms with Crippen LogP contribution in [0.2, 0.25) is 0 Å². The lowest BCUT2D eigenvalue weighted by atomic mass is 9.94. The minimum absolute atomic E-state index is 0.0936. The maximum absolute atomic E-state index is 15.4. The second-order valence-electron chi connectivity index (χ2n) is 8.08. The summed E-state index contributed by atoms with van der Waals surface area (Å²) in [6.45, 7) is 4.13. The fraction of sp³-hybridized carbons (Fsp3) is 0.440. The van der Waals surface area contributed by atoms with Gasteiger partial charge in [0.05, 0.1) is 36.0 Å². The number of aliphatic carboxylic acids is 1. The van der Waals surface area contributed by atoms with Gasteiger partial charge in [-0.15, -0.1) is 0 Å². The molecule has 2 aromatic carbocycles. The normalized spacial score (nSPS) is 15.0. The summed E-state index contributed by atoms with van der Waals surface area (Å²) in [5, 5.41) is 21.8. The summed E-state index contributed by atoms with van der Waals surface area (Å²) in [6, 6.07) is 12.5. The van der Waals surface area contributed by atoms with Gasteiger partial charge in [-0.2, -0.15) is 5.26 Å². The largest absolute Gasteiger partial charge is 0.481 e. The van der Waals surface area contributed by atoms with E-state index in [1.54, 1.807) is 30.3 Å². The molecular weight excluding hydrogens is 425 g/mol. The Morgan fingerprint density at radius 3 is 2.61 bits per heavy atom. The lowest BCUT2D eigenvalue weighted by Crippen LogP contribution is -2.39. The first kappa shape index (κ1) is 24.5. The van der Waals surface area contributed by atoms with Crippen molar-refractivity contribution in [2.45, 2.75) is 38.1 Å². The van der Waals surface area contributed by atoms with Crippen LogP contribution in [0.15, 0.2) is 36.4 Å². The Bertz CT molecular complexity index is 984. The van der Waals surface area contributed by atoms with Crippen LogP contribution >= 0.6 is 0 Å². The van der Waals surface area contributed by atoms with Gasteiger partial charge < -0.3 is 24.8 Å². The smallest absolute Gasteiger partial charge is 0.304 e. The van der Waals surface area contributed by atoms with Crippen molar-refractivity contribution in [3.05, 3.63) is 53.3 Å². The lowest BCUT2D eigenvalue weighted by Gasteiger charge is -2.37. The zero-order valence-electron chi connectivity index (χ0n) is 19.0. The van der Waals surface area contributed by atoms with Crippen molar-refractivity contribution in [3.63, 3.8) is 0 Å². The van der Waals surface area contributed by atoms with E-state index in [0.29, 0.717) is 42.3 Å². The van der Waals surface area contributed by atoms with Gasteiger partial charge in [0.25, 0.3) is 0 Å². The zero-order chi connectivity index (χ0) is 23.8. The van der Waals surface area contributed by atoms with Crippen molar-refractivity contribution < 1.29 is 23.8 Å². The van der Waals surface area contributed by atoms with Gasteiger partial charge in [-0.3, -0.25) is 4.79 Å². The summed E-state index contributed by atoms with van der Waals surface area (Å²) in [4.78, 5) is 13.6. The van der Waals surface area contributed by atoms with E-state index in [-0.39, 0.29) is 19.1 Å². The number of benzene rings is 2. The highest BCUT2D eigenvalue weighted by Crippen LogP contribution is 2.37. The third kappa shape index (κ3) is 6.21. The van der Waals surface area contributed by atoms with Crippen molar-refractivity contribution >= 4 is 23.0 Å². The number of carboxylic acid groups (broad SMARTS) is 1. The standard InChI is InChI=1S/C25H30FN3O4/c1-3-29(20-8-10-33-11-9-20)24-14-22(26)21(18(16-32-2)12-25(30)31)13-23(24)28-19-6-4-17(15-27)5-7-19/h4-7,13-14,18,20,28H,3,8-12,16H2,1-2H3,(H,30,31). The fourth-order valence-corrected chi connectivity index (χ4v) is 4.31. The zero-order valence-corrected chi connectivity index (χ0v) is 19.0. The van der Waals surface area contributed by atoms with E-state index in [1.807, 2.05) is 6.92 Å². The second-order valence-corrected chi connectivity index (χ2v) is 8.08. The van der Waals surface area contributed by atoms with Crippen LogP contribution in [0, 0.1) is 17.1 Å². The molecule has 33 heavy (non-hydrogen) atoms. The molecule has 7 nitrogen and oxygen atoms in total. The predicted molar refractivity (Wildman–Crippen MR) is 125 cm³/mol. The lowest BCUT2D eigenvalue weighted by molar-refractivity contribution is -0.137. The minimum atomic E-state index is -1.01. The molecule has 2 aromatic rings. The van der Waals surface area contributed by atoms with Gasteiger partial charge in [0.1, 0.15) is 5.82 Å². The van der Waals surface area contributed by atoms with E-state index in [1.165, 1.54) is 13.2 Å². The number of methoxy groups -OCH3 is 1. The van der Waals surface area contributed by atoms with Crippen molar-refractivity contribution in [3.8, 4) is 6.07 Å². The highest BCUT2D eigenvalue weighted by molar-refractivity contribution is 5.77. The summed E-state index contributed by atoms with van der Waals surface area (Å²) in [5.74, 6) is -2.09. The molecule has 8 heteroatoms. The molecule has 0 aliphatic carbocycles. The van der Waals surface area contributed by atoms with Crippen LogP contribution in [0.3, 0.4) is 0 Å². The molecular formula is C25H30FN3O4. The summed E-state index contributed by atoms with van der Waals surface area (Å²) >= 11 is 0. The number of nitriles is 1. The first-order chi connectivity index (χ1) is 16.0. The number of carbonyl (C=O) groups is 1.